The lowest BCUT2D eigenvalue weighted by Crippen LogP contribution is -2.19. The van der Waals surface area contributed by atoms with E-state index >= 15 is 0 Å². The molecule has 1 aliphatic carbocycles. The Morgan fingerprint density at radius 1 is 1.11 bits per heavy atom. The van der Waals surface area contributed by atoms with E-state index in [4.69, 9.17) is 9.47 Å². The molecule has 0 atom stereocenters. The van der Waals surface area contributed by atoms with Crippen LogP contribution < -0.4 is 14.8 Å². The first-order valence-electron chi connectivity index (χ1n) is 8.12. The Kier molecular flexibility index (Phi) is 5.43. The SMILES string of the molecule is COc1cnc(C(=O)Nc2c(F)c(F)nc(F)c2F)cc1OC1CCCC1. The molecule has 1 aliphatic rings. The zero-order valence-electron chi connectivity index (χ0n) is 14.2. The molecule has 0 aliphatic heterocycles. The maximum absolute atomic E-state index is 13.7. The number of anilines is 1. The van der Waals surface area contributed by atoms with Crippen LogP contribution in [-0.2, 0) is 0 Å². The van der Waals surface area contributed by atoms with Gasteiger partial charge in [0.2, 0.25) is 11.6 Å². The van der Waals surface area contributed by atoms with E-state index in [1.807, 2.05) is 0 Å². The first kappa shape index (κ1) is 18.9. The van der Waals surface area contributed by atoms with Crippen molar-refractivity contribution in [3.8, 4) is 11.5 Å². The molecule has 1 saturated carbocycles. The van der Waals surface area contributed by atoms with E-state index in [9.17, 15) is 22.4 Å². The molecule has 2 heterocycles. The summed E-state index contributed by atoms with van der Waals surface area (Å²) in [7, 11) is 1.39. The number of carbonyl (C=O) groups is 1. The molecule has 0 spiro atoms. The monoisotopic (exact) mass is 385 g/mol. The Balaban J connectivity index is 1.87. The van der Waals surface area contributed by atoms with Crippen molar-refractivity contribution in [1.82, 2.24) is 9.97 Å². The van der Waals surface area contributed by atoms with Crippen molar-refractivity contribution in [2.45, 2.75) is 31.8 Å². The maximum Gasteiger partial charge on any atom is 0.274 e. The van der Waals surface area contributed by atoms with Gasteiger partial charge >= 0.3 is 0 Å². The molecule has 0 bridgehead atoms. The minimum atomic E-state index is -1.88. The van der Waals surface area contributed by atoms with Gasteiger partial charge in [0.25, 0.3) is 17.8 Å². The van der Waals surface area contributed by atoms with Crippen LogP contribution in [-0.4, -0.2) is 29.1 Å². The van der Waals surface area contributed by atoms with E-state index in [0.29, 0.717) is 0 Å². The van der Waals surface area contributed by atoms with Gasteiger partial charge in [-0.1, -0.05) is 0 Å². The molecule has 1 amide bonds. The van der Waals surface area contributed by atoms with Crippen molar-refractivity contribution in [3.05, 3.63) is 41.5 Å². The molecule has 27 heavy (non-hydrogen) atoms. The van der Waals surface area contributed by atoms with Crippen LogP contribution in [0.4, 0.5) is 23.2 Å². The van der Waals surface area contributed by atoms with Crippen LogP contribution in [0.15, 0.2) is 12.3 Å². The molecular formula is C17H15F4N3O3. The lowest BCUT2D eigenvalue weighted by Gasteiger charge is -2.16. The highest BCUT2D eigenvalue weighted by atomic mass is 19.2. The molecule has 3 rings (SSSR count). The number of pyridine rings is 2. The van der Waals surface area contributed by atoms with Gasteiger partial charge in [-0.05, 0) is 25.7 Å². The quantitative estimate of drug-likeness (QED) is 0.629. The van der Waals surface area contributed by atoms with Gasteiger partial charge in [-0.25, -0.2) is 4.98 Å². The smallest absolute Gasteiger partial charge is 0.274 e. The predicted octanol–water partition coefficient (Wildman–Crippen LogP) is 3.62. The largest absolute Gasteiger partial charge is 0.491 e. The second kappa shape index (κ2) is 7.77. The van der Waals surface area contributed by atoms with Crippen LogP contribution in [0, 0.1) is 23.5 Å². The number of nitrogens with zero attached hydrogens (tertiary/aromatic N) is 2. The maximum atomic E-state index is 13.7. The van der Waals surface area contributed by atoms with Crippen molar-refractivity contribution in [3.63, 3.8) is 0 Å². The third kappa shape index (κ3) is 3.93. The van der Waals surface area contributed by atoms with Crippen molar-refractivity contribution < 1.29 is 31.8 Å². The van der Waals surface area contributed by atoms with Crippen LogP contribution in [0.25, 0.3) is 0 Å². The minimum Gasteiger partial charge on any atom is -0.491 e. The summed E-state index contributed by atoms with van der Waals surface area (Å²) >= 11 is 0. The number of ether oxygens (including phenoxy) is 2. The average Bonchev–Trinajstić information content (AvgIpc) is 3.16. The molecule has 10 heteroatoms. The van der Waals surface area contributed by atoms with Crippen LogP contribution in [0.1, 0.15) is 36.2 Å². The molecular weight excluding hydrogens is 370 g/mol. The van der Waals surface area contributed by atoms with E-state index < -0.39 is 35.1 Å². The highest BCUT2D eigenvalue weighted by Crippen LogP contribution is 2.32. The minimum absolute atomic E-state index is 0.0458. The van der Waals surface area contributed by atoms with E-state index in [0.717, 1.165) is 25.7 Å². The number of halogens is 4. The molecule has 0 aromatic carbocycles. The van der Waals surface area contributed by atoms with Crippen molar-refractivity contribution in [2.24, 2.45) is 0 Å². The topological polar surface area (TPSA) is 73.3 Å². The van der Waals surface area contributed by atoms with Gasteiger partial charge in [0, 0.05) is 6.07 Å². The Hall–Kier alpha value is -2.91. The van der Waals surface area contributed by atoms with Gasteiger partial charge in [-0.2, -0.15) is 22.5 Å². The first-order valence-corrected chi connectivity index (χ1v) is 8.12. The lowest BCUT2D eigenvalue weighted by atomic mass is 10.2. The second-order valence-electron chi connectivity index (χ2n) is 5.90. The summed E-state index contributed by atoms with van der Waals surface area (Å²) in [6.07, 6.45) is 4.89. The standard InChI is InChI=1S/C17H15F4N3O3/c1-26-11-7-22-9(6-10(11)27-8-4-2-3-5-8)17(25)23-14-12(18)15(20)24-16(21)13(14)19/h6-8H,2-5H2,1H3,(H,23,24,25). The third-order valence-electron chi connectivity index (χ3n) is 4.12. The first-order chi connectivity index (χ1) is 12.9. The Morgan fingerprint density at radius 2 is 1.74 bits per heavy atom. The highest BCUT2D eigenvalue weighted by Gasteiger charge is 2.24. The lowest BCUT2D eigenvalue weighted by molar-refractivity contribution is 0.101. The van der Waals surface area contributed by atoms with Gasteiger partial charge in [-0.3, -0.25) is 4.79 Å². The molecule has 0 saturated heterocycles. The number of aromatic nitrogens is 2. The van der Waals surface area contributed by atoms with Crippen molar-refractivity contribution in [2.75, 3.05) is 12.4 Å². The van der Waals surface area contributed by atoms with Gasteiger partial charge < -0.3 is 14.8 Å². The number of hydrogen-bond donors (Lipinski definition) is 1. The molecule has 6 nitrogen and oxygen atoms in total. The fraction of sp³-hybridized carbons (Fsp3) is 0.353. The number of hydrogen-bond acceptors (Lipinski definition) is 5. The fourth-order valence-corrected chi connectivity index (χ4v) is 2.75. The van der Waals surface area contributed by atoms with Crippen LogP contribution in [0.3, 0.4) is 0 Å². The second-order valence-corrected chi connectivity index (χ2v) is 5.90. The number of amides is 1. The van der Waals surface area contributed by atoms with Crippen molar-refractivity contribution in [1.29, 1.82) is 0 Å². The number of nitrogens with one attached hydrogen (secondary N) is 1. The zero-order chi connectivity index (χ0) is 19.6. The van der Waals surface area contributed by atoms with Gasteiger partial charge in [0.1, 0.15) is 11.4 Å². The number of methoxy groups -OCH3 is 1. The number of rotatable bonds is 5. The summed E-state index contributed by atoms with van der Waals surface area (Å²) in [6.45, 7) is 0. The summed E-state index contributed by atoms with van der Waals surface area (Å²) < 4.78 is 64.6. The predicted molar refractivity (Wildman–Crippen MR) is 85.7 cm³/mol. The summed E-state index contributed by atoms with van der Waals surface area (Å²) in [6, 6.07) is 1.23. The Morgan fingerprint density at radius 3 is 2.33 bits per heavy atom. The molecule has 1 N–H and O–H groups in total. The number of carbonyl (C=O) groups excluding carboxylic acids is 1. The van der Waals surface area contributed by atoms with E-state index in [1.165, 1.54) is 19.4 Å². The molecule has 2 aromatic heterocycles. The third-order valence-corrected chi connectivity index (χ3v) is 4.12. The molecule has 144 valence electrons. The van der Waals surface area contributed by atoms with Crippen LogP contribution >= 0.6 is 0 Å². The molecule has 1 fully saturated rings. The Bertz CT molecular complexity index is 847. The average molecular weight is 385 g/mol. The van der Waals surface area contributed by atoms with Gasteiger partial charge in [0.15, 0.2) is 11.5 Å². The van der Waals surface area contributed by atoms with Crippen LogP contribution in [0.2, 0.25) is 0 Å². The van der Waals surface area contributed by atoms with Gasteiger partial charge in [-0.15, -0.1) is 0 Å². The normalized spacial score (nSPS) is 14.3. The summed E-state index contributed by atoms with van der Waals surface area (Å²) in [5, 5.41) is 1.77. The molecule has 0 unspecified atom stereocenters. The summed E-state index contributed by atoms with van der Waals surface area (Å²) in [5.74, 6) is -7.98. The summed E-state index contributed by atoms with van der Waals surface area (Å²) in [4.78, 5) is 18.5. The molecule has 2 aromatic rings. The fourth-order valence-electron chi connectivity index (χ4n) is 2.75. The van der Waals surface area contributed by atoms with Crippen LogP contribution in [0.5, 0.6) is 11.5 Å². The molecule has 0 radical (unpaired) electrons. The van der Waals surface area contributed by atoms with Gasteiger partial charge in [0.05, 0.1) is 19.4 Å². The highest BCUT2D eigenvalue weighted by molar-refractivity contribution is 6.03. The van der Waals surface area contributed by atoms with E-state index in [-0.39, 0.29) is 23.3 Å². The van der Waals surface area contributed by atoms with E-state index in [2.05, 4.69) is 9.97 Å². The Labute approximate surface area is 151 Å². The summed E-state index contributed by atoms with van der Waals surface area (Å²) in [5.41, 5.74) is -1.57. The van der Waals surface area contributed by atoms with E-state index in [1.54, 1.807) is 5.32 Å². The van der Waals surface area contributed by atoms with Crippen molar-refractivity contribution >= 4 is 11.6 Å². The zero-order valence-corrected chi connectivity index (χ0v) is 14.2.